The van der Waals surface area contributed by atoms with E-state index in [4.69, 9.17) is 43.6 Å². The van der Waals surface area contributed by atoms with Crippen LogP contribution in [0.4, 0.5) is 5.82 Å². The third-order valence-corrected chi connectivity index (χ3v) is 12.9. The first-order valence-electron chi connectivity index (χ1n) is 18.3. The fourth-order valence-electron chi connectivity index (χ4n) is 6.38. The number of nitriles is 1. The molecule has 0 radical (unpaired) electrons. The van der Waals surface area contributed by atoms with Crippen LogP contribution in [-0.2, 0) is 50.8 Å². The maximum atomic E-state index is 13.1. The second-order valence-corrected chi connectivity index (χ2v) is 19.5. The summed E-state index contributed by atoms with van der Waals surface area (Å²) in [4.78, 5) is 60.3. The minimum Gasteiger partial charge on any atom is -0.438 e. The van der Waals surface area contributed by atoms with Gasteiger partial charge in [0.1, 0.15) is 49.8 Å². The maximum absolute atomic E-state index is 13.1. The van der Waals surface area contributed by atoms with Crippen molar-refractivity contribution in [2.75, 3.05) is 18.6 Å². The molecule has 3 aromatic heterocycles. The van der Waals surface area contributed by atoms with Crippen molar-refractivity contribution in [3.8, 4) is 17.7 Å². The van der Waals surface area contributed by atoms with Gasteiger partial charge in [0.25, 0.3) is 5.91 Å². The number of benzene rings is 1. The molecule has 2 bridgehead atoms. The third-order valence-electron chi connectivity index (χ3n) is 9.24. The lowest BCUT2D eigenvalue weighted by Crippen LogP contribution is -2.71. The molecule has 0 aliphatic carbocycles. The Bertz CT molecular complexity index is 2500. The Hall–Kier alpha value is -5.27. The average molecular weight is 900 g/mol. The number of ether oxygens (including phenoxy) is 1. The summed E-state index contributed by atoms with van der Waals surface area (Å²) in [5.74, 6) is -0.664. The van der Waals surface area contributed by atoms with Crippen molar-refractivity contribution < 1.29 is 51.0 Å². The zero-order valence-corrected chi connectivity index (χ0v) is 35.1. The number of carbonyl (C=O) groups is 3. The fraction of sp³-hybridized carbons (Fsp3) is 0.314. The van der Waals surface area contributed by atoms with Crippen LogP contribution in [0.25, 0.3) is 16.9 Å². The molecule has 25 heteroatoms. The number of rotatable bonds is 9. The van der Waals surface area contributed by atoms with Gasteiger partial charge in [-0.25, -0.2) is 9.97 Å². The van der Waals surface area contributed by atoms with Crippen molar-refractivity contribution in [2.45, 2.75) is 51.8 Å². The van der Waals surface area contributed by atoms with Gasteiger partial charge in [0, 0.05) is 29.5 Å². The highest BCUT2D eigenvalue weighted by Gasteiger charge is 2.50. The van der Waals surface area contributed by atoms with Gasteiger partial charge in [0.05, 0.1) is 37.0 Å². The van der Waals surface area contributed by atoms with E-state index in [1.165, 1.54) is 18.7 Å². The lowest BCUT2D eigenvalue weighted by atomic mass is 10.1. The SMILES string of the molecule is CC(C)C(=O)NC1NC(=O)[C@H]2NCN(C3=C4C/C(=C\O[P+](S)(OCCC#N)Oc5cc(-n6ccc7c(NC(=O)c8ccccc8)ncnc76)oc5COP(O)(=S)O4)O3)C2N1. The highest BCUT2D eigenvalue weighted by molar-refractivity contribution is 8.47. The Labute approximate surface area is 352 Å². The molecule has 2 saturated heterocycles. The summed E-state index contributed by atoms with van der Waals surface area (Å²) in [6, 6.07) is 13.1. The summed E-state index contributed by atoms with van der Waals surface area (Å²) in [6.45, 7) is -1.23. The molecule has 3 amide bonds. The first kappa shape index (κ1) is 41.5. The van der Waals surface area contributed by atoms with E-state index in [2.05, 4.69) is 48.8 Å². The smallest absolute Gasteiger partial charge is 0.438 e. The van der Waals surface area contributed by atoms with Gasteiger partial charge in [-0.3, -0.25) is 43.2 Å². The van der Waals surface area contributed by atoms with Crippen LogP contribution < -0.4 is 31.1 Å². The molecule has 4 aliphatic rings. The summed E-state index contributed by atoms with van der Waals surface area (Å²) in [7, 11) is -3.71. The third kappa shape index (κ3) is 8.79. The highest BCUT2D eigenvalue weighted by Crippen LogP contribution is 2.67. The molecular formula is C35H37N10O11P2S2+. The molecule has 7 heterocycles. The van der Waals surface area contributed by atoms with E-state index in [1.54, 1.807) is 65.9 Å². The van der Waals surface area contributed by atoms with Crippen LogP contribution in [-0.4, -0.2) is 73.8 Å². The predicted octanol–water partition coefficient (Wildman–Crippen LogP) is 3.73. The average Bonchev–Trinajstić information content (AvgIpc) is 4.02. The number of fused-ring (bicyclic) bond motifs is 5. The highest BCUT2D eigenvalue weighted by atomic mass is 32.7. The number of hydrogen-bond acceptors (Lipinski definition) is 18. The van der Waals surface area contributed by atoms with E-state index < -0.39 is 39.0 Å². The Morgan fingerprint density at radius 3 is 2.85 bits per heavy atom. The number of nitrogens with zero attached hydrogens (tertiary/aromatic N) is 5. The van der Waals surface area contributed by atoms with Gasteiger partial charge in [-0.05, 0) is 18.2 Å². The Kier molecular flexibility index (Phi) is 11.8. The molecule has 2 fully saturated rings. The number of aromatic nitrogens is 3. The van der Waals surface area contributed by atoms with Crippen molar-refractivity contribution in [3.05, 3.63) is 90.0 Å². The van der Waals surface area contributed by atoms with Crippen LogP contribution in [0.1, 0.15) is 42.8 Å². The first-order valence-corrected chi connectivity index (χ1v) is 23.5. The van der Waals surface area contributed by atoms with Gasteiger partial charge in [-0.15, -0.1) is 0 Å². The zero-order valence-electron chi connectivity index (χ0n) is 31.6. The second kappa shape index (κ2) is 17.0. The summed E-state index contributed by atoms with van der Waals surface area (Å²) < 4.78 is 44.1. The molecule has 21 nitrogen and oxygen atoms in total. The topological polar surface area (TPSA) is 258 Å². The number of carbonyl (C=O) groups excluding carboxylic acids is 3. The van der Waals surface area contributed by atoms with Crippen LogP contribution in [0.3, 0.4) is 0 Å². The zero-order chi connectivity index (χ0) is 42.2. The quantitative estimate of drug-likeness (QED) is 0.0718. The van der Waals surface area contributed by atoms with E-state index in [1.807, 2.05) is 6.07 Å². The summed E-state index contributed by atoms with van der Waals surface area (Å²) in [6.07, 6.45) is 2.35. The number of amides is 3. The van der Waals surface area contributed by atoms with Crippen LogP contribution in [0.2, 0.25) is 0 Å². The molecule has 0 saturated carbocycles. The number of nitrogens with one attached hydrogen (secondary N) is 5. The Balaban J connectivity index is 1.10. The van der Waals surface area contributed by atoms with Gasteiger partial charge in [-0.2, -0.15) is 9.79 Å². The second-order valence-electron chi connectivity index (χ2n) is 13.7. The van der Waals surface area contributed by atoms with Gasteiger partial charge in [0.15, 0.2) is 35.5 Å². The summed E-state index contributed by atoms with van der Waals surface area (Å²) in [5, 5.41) is 24.3. The number of anilines is 1. The molecule has 4 unspecified atom stereocenters. The molecule has 0 spiro atoms. The van der Waals surface area contributed by atoms with Crippen molar-refractivity contribution in [1.82, 2.24) is 40.7 Å². The molecule has 4 aromatic rings. The van der Waals surface area contributed by atoms with E-state index in [-0.39, 0.29) is 90.4 Å². The Morgan fingerprint density at radius 2 is 2.07 bits per heavy atom. The lowest BCUT2D eigenvalue weighted by Gasteiger charge is -2.37. The predicted molar refractivity (Wildman–Crippen MR) is 218 cm³/mol. The van der Waals surface area contributed by atoms with Crippen molar-refractivity contribution >= 4 is 72.5 Å². The first-order chi connectivity index (χ1) is 28.8. The standard InChI is InChI=1S/C35H36N10O11P2S2/c1-19(2)31(46)42-35-41-30-27(33(48)43-35)39-18-45(30)34-24-13-21(53-34)15-52-58(60,50-12-6-10-36)56-23-14-26(54-25(23)16-51-57(49,59)55-24)44-11-9-22-28(37-17-38-29(22)44)40-32(47)20-7-4-3-5-8-20/h3-5,7-9,11,14-15,17,19,27,30,35,39,41,60H,6,12-13,16,18H2,1-2H3,(H3-,37,38,40,42,43,46,47,48,49,59)/p+1/b21-15+/t27-,30?,35?,57?,58?/m0/s1. The maximum Gasteiger partial charge on any atom is 0.565 e. The summed E-state index contributed by atoms with van der Waals surface area (Å²) in [5.41, 5.74) is 0.795. The molecule has 5 atom stereocenters. The van der Waals surface area contributed by atoms with Crippen LogP contribution >= 0.6 is 26.1 Å². The molecule has 6 N–H and O–H groups in total. The number of hydrogen-bond donors (Lipinski definition) is 7. The van der Waals surface area contributed by atoms with Gasteiger partial charge in [-0.1, -0.05) is 32.0 Å². The van der Waals surface area contributed by atoms with Gasteiger partial charge in [0.2, 0.25) is 29.3 Å². The number of furan rings is 1. The number of thiol groups is 1. The minimum absolute atomic E-state index is 0.0114. The molecule has 8 rings (SSSR count). The van der Waals surface area contributed by atoms with E-state index in [0.29, 0.717) is 16.6 Å². The molecule has 60 heavy (non-hydrogen) atoms. The Morgan fingerprint density at radius 1 is 1.25 bits per heavy atom. The van der Waals surface area contributed by atoms with Crippen molar-refractivity contribution in [2.24, 2.45) is 5.92 Å². The molecule has 1 aromatic carbocycles. The van der Waals surface area contributed by atoms with Crippen LogP contribution in [0.15, 0.2) is 83.1 Å². The van der Waals surface area contributed by atoms with E-state index >= 15 is 0 Å². The monoisotopic (exact) mass is 899 g/mol. The van der Waals surface area contributed by atoms with Crippen molar-refractivity contribution in [1.29, 1.82) is 5.26 Å². The normalized spacial score (nSPS) is 26.0. The minimum atomic E-state index is -4.15. The summed E-state index contributed by atoms with van der Waals surface area (Å²) >= 11 is 10.2. The van der Waals surface area contributed by atoms with Crippen LogP contribution in [0.5, 0.6) is 5.75 Å². The van der Waals surface area contributed by atoms with Crippen LogP contribution in [0, 0.1) is 17.2 Å². The fourth-order valence-corrected chi connectivity index (χ4v) is 9.34. The molecular weight excluding hydrogens is 863 g/mol. The molecule has 314 valence electrons. The van der Waals surface area contributed by atoms with E-state index in [0.717, 1.165) is 0 Å². The van der Waals surface area contributed by atoms with Gasteiger partial charge < -0.3 is 39.4 Å². The molecule has 4 aliphatic heterocycles. The van der Waals surface area contributed by atoms with E-state index in [9.17, 15) is 24.5 Å². The largest absolute Gasteiger partial charge is 0.565 e. The lowest BCUT2D eigenvalue weighted by molar-refractivity contribution is -0.130. The van der Waals surface area contributed by atoms with Gasteiger partial charge >= 0.3 is 13.9 Å². The van der Waals surface area contributed by atoms with Crippen molar-refractivity contribution in [3.63, 3.8) is 0 Å².